The van der Waals surface area contributed by atoms with Crippen molar-refractivity contribution in [3.63, 3.8) is 0 Å². The number of sulfone groups is 1. The first-order chi connectivity index (χ1) is 23.9. The molecule has 5 saturated carbocycles. The fourth-order valence-corrected chi connectivity index (χ4v) is 11.2. The third kappa shape index (κ3) is 7.43. The maximum atomic E-state index is 14.8. The number of likely N-dealkylation sites (tertiary alicyclic amines) is 1. The quantitative estimate of drug-likeness (QED) is 0.222. The number of rotatable bonds is 12. The molecule has 0 aromatic carbocycles. The molecule has 5 amide bonds. The highest BCUT2D eigenvalue weighted by Gasteiger charge is 2.71. The summed E-state index contributed by atoms with van der Waals surface area (Å²) in [6, 6.07) is -2.25. The highest BCUT2D eigenvalue weighted by Crippen LogP contribution is 2.65. The van der Waals surface area contributed by atoms with Gasteiger partial charge in [-0.1, -0.05) is 65.7 Å². The lowest BCUT2D eigenvalue weighted by Crippen LogP contribution is -2.63. The van der Waals surface area contributed by atoms with Gasteiger partial charge in [-0.2, -0.15) is 0 Å². The van der Waals surface area contributed by atoms with Gasteiger partial charge in [-0.25, -0.2) is 13.2 Å². The molecular weight excluding hydrogens is 671 g/mol. The number of carbonyl (C=O) groups is 5. The lowest BCUT2D eigenvalue weighted by molar-refractivity contribution is -0.145. The van der Waals surface area contributed by atoms with E-state index in [4.69, 9.17) is 0 Å². The number of Topliss-reactive ketones (excluding diaryl/α,β-unsaturated/α-hetero) is 1. The van der Waals surface area contributed by atoms with Crippen LogP contribution in [0.2, 0.25) is 0 Å². The Balaban J connectivity index is 1.22. The molecule has 1 heterocycles. The molecule has 6 atom stereocenters. The third-order valence-corrected chi connectivity index (χ3v) is 16.3. The Morgan fingerprint density at radius 1 is 0.882 bits per heavy atom. The number of hydrogen-bond donors (Lipinski definition) is 4. The fourth-order valence-electron chi connectivity index (χ4n) is 9.66. The Hall–Kier alpha value is -2.70. The molecule has 1 saturated heterocycles. The monoisotopic (exact) mass is 731 g/mol. The molecule has 0 spiro atoms. The largest absolute Gasteiger partial charge is 0.347 e. The first-order valence-electron chi connectivity index (χ1n) is 19.6. The van der Waals surface area contributed by atoms with Gasteiger partial charge in [0.25, 0.3) is 5.91 Å². The van der Waals surface area contributed by atoms with E-state index >= 15 is 0 Å². The van der Waals surface area contributed by atoms with E-state index in [-0.39, 0.29) is 46.8 Å². The molecule has 6 fully saturated rings. The third-order valence-electron chi connectivity index (χ3n) is 13.5. The van der Waals surface area contributed by atoms with E-state index in [0.717, 1.165) is 64.2 Å². The molecule has 5 aliphatic carbocycles. The maximum absolute atomic E-state index is 14.8. The van der Waals surface area contributed by atoms with Crippen molar-refractivity contribution >= 4 is 39.4 Å². The summed E-state index contributed by atoms with van der Waals surface area (Å²) in [6.45, 7) is 11.5. The number of ketones is 1. The van der Waals surface area contributed by atoms with E-state index < -0.39 is 61.4 Å². The Bertz CT molecular complexity index is 1520. The summed E-state index contributed by atoms with van der Waals surface area (Å²) in [6.07, 6.45) is 10.8. The van der Waals surface area contributed by atoms with E-state index in [0.29, 0.717) is 32.2 Å². The summed E-state index contributed by atoms with van der Waals surface area (Å²) in [7, 11) is -3.55. The molecule has 0 radical (unpaired) electrons. The van der Waals surface area contributed by atoms with E-state index in [1.165, 1.54) is 0 Å². The number of nitrogens with one attached hydrogen (secondary N) is 4. The zero-order chi connectivity index (χ0) is 37.1. The van der Waals surface area contributed by atoms with Crippen LogP contribution in [0.3, 0.4) is 0 Å². The standard InChI is InChI=1S/C38H61N5O7S/c1-7-24-20-38(24,30(44)32(46)39-25-16-17-25)41-31(45)29-27-26(36(27,5)6)21-43(29)33(47)28(23-14-10-8-11-15-23)40-34(48)42-37(18-12-9-13-19-37)22-51(49,50)35(2,3)4/h23-29H,7-22H2,1-6H3,(H,39,46)(H,41,45)(H2,40,42,48)/t24-,26?,27?,28+,29-,38?/m0/s1. The maximum Gasteiger partial charge on any atom is 0.315 e. The molecule has 4 N–H and O–H groups in total. The highest BCUT2D eigenvalue weighted by atomic mass is 32.2. The van der Waals surface area contributed by atoms with Crippen molar-refractivity contribution in [1.29, 1.82) is 0 Å². The number of urea groups is 1. The van der Waals surface area contributed by atoms with Gasteiger partial charge >= 0.3 is 6.03 Å². The number of piperidine rings is 1. The predicted octanol–water partition coefficient (Wildman–Crippen LogP) is 3.77. The Morgan fingerprint density at radius 2 is 1.51 bits per heavy atom. The average Bonchev–Trinajstić information content (AvgIpc) is 4.02. The molecule has 1 aliphatic heterocycles. The van der Waals surface area contributed by atoms with Crippen LogP contribution in [0.4, 0.5) is 4.79 Å². The Morgan fingerprint density at radius 3 is 2.08 bits per heavy atom. The minimum atomic E-state index is -3.55. The van der Waals surface area contributed by atoms with Crippen LogP contribution in [0.1, 0.15) is 131 Å². The number of amides is 5. The second-order valence-electron chi connectivity index (χ2n) is 18.4. The summed E-state index contributed by atoms with van der Waals surface area (Å²) in [5, 5.41) is 11.9. The van der Waals surface area contributed by atoms with E-state index in [9.17, 15) is 32.4 Å². The SMILES string of the molecule is CC[C@H]1CC1(NC(=O)[C@@H]1C2C(CN1C(=O)[C@H](NC(=O)NC1(CS(=O)(=O)C(C)(C)C)CCCCC1)C1CCCCC1)C2(C)C)C(=O)C(=O)NC1CC1. The molecule has 0 aromatic heterocycles. The minimum absolute atomic E-state index is 0.0151. The van der Waals surface area contributed by atoms with Crippen molar-refractivity contribution in [2.24, 2.45) is 29.1 Å². The molecule has 6 rings (SSSR count). The van der Waals surface area contributed by atoms with Gasteiger partial charge < -0.3 is 26.2 Å². The molecule has 51 heavy (non-hydrogen) atoms. The first-order valence-corrected chi connectivity index (χ1v) is 21.3. The van der Waals surface area contributed by atoms with Crippen LogP contribution in [-0.4, -0.2) is 89.1 Å². The number of fused-ring (bicyclic) bond motifs is 1. The van der Waals surface area contributed by atoms with Crippen LogP contribution in [-0.2, 0) is 29.0 Å². The van der Waals surface area contributed by atoms with Crippen LogP contribution in [0.15, 0.2) is 0 Å². The summed E-state index contributed by atoms with van der Waals surface area (Å²) in [4.78, 5) is 71.1. The summed E-state index contributed by atoms with van der Waals surface area (Å²) in [5.74, 6) is -2.44. The smallest absolute Gasteiger partial charge is 0.315 e. The van der Waals surface area contributed by atoms with Crippen LogP contribution in [0.25, 0.3) is 0 Å². The van der Waals surface area contributed by atoms with Crippen LogP contribution >= 0.6 is 0 Å². The number of carbonyl (C=O) groups excluding carboxylic acids is 5. The summed E-state index contributed by atoms with van der Waals surface area (Å²) < 4.78 is 25.8. The zero-order valence-electron chi connectivity index (χ0n) is 31.6. The van der Waals surface area contributed by atoms with Crippen molar-refractivity contribution in [3.8, 4) is 0 Å². The lowest BCUT2D eigenvalue weighted by atomic mass is 9.82. The lowest BCUT2D eigenvalue weighted by Gasteiger charge is -2.41. The van der Waals surface area contributed by atoms with Crippen LogP contribution < -0.4 is 21.3 Å². The molecule has 12 nitrogen and oxygen atoms in total. The van der Waals surface area contributed by atoms with Crippen molar-refractivity contribution < 1.29 is 32.4 Å². The van der Waals surface area contributed by atoms with Crippen molar-refractivity contribution in [1.82, 2.24) is 26.2 Å². The molecule has 13 heteroatoms. The fraction of sp³-hybridized carbons (Fsp3) is 0.868. The normalized spacial score (nSPS) is 31.8. The second kappa shape index (κ2) is 13.6. The van der Waals surface area contributed by atoms with Crippen LogP contribution in [0, 0.1) is 29.1 Å². The molecule has 6 aliphatic rings. The van der Waals surface area contributed by atoms with Gasteiger partial charge in [0.2, 0.25) is 17.6 Å². The topological polar surface area (TPSA) is 171 Å². The van der Waals surface area contributed by atoms with Gasteiger partial charge in [-0.3, -0.25) is 19.2 Å². The van der Waals surface area contributed by atoms with Crippen molar-refractivity contribution in [3.05, 3.63) is 0 Å². The van der Waals surface area contributed by atoms with Crippen molar-refractivity contribution in [2.75, 3.05) is 12.3 Å². The van der Waals surface area contributed by atoms with Gasteiger partial charge in [0.1, 0.15) is 17.6 Å². The van der Waals surface area contributed by atoms with E-state index in [2.05, 4.69) is 35.1 Å². The Labute approximate surface area is 304 Å². The van der Waals surface area contributed by atoms with Gasteiger partial charge in [0.05, 0.1) is 16.0 Å². The van der Waals surface area contributed by atoms with Crippen molar-refractivity contribution in [2.45, 2.75) is 165 Å². The second-order valence-corrected chi connectivity index (χ2v) is 21.2. The number of hydrogen-bond acceptors (Lipinski definition) is 7. The van der Waals surface area contributed by atoms with Gasteiger partial charge in [0, 0.05) is 12.6 Å². The predicted molar refractivity (Wildman–Crippen MR) is 193 cm³/mol. The van der Waals surface area contributed by atoms with E-state index in [1.54, 1.807) is 25.7 Å². The minimum Gasteiger partial charge on any atom is -0.347 e. The Kier molecular flexibility index (Phi) is 10.2. The van der Waals surface area contributed by atoms with Gasteiger partial charge in [-0.05, 0) is 94.8 Å². The molecule has 0 bridgehead atoms. The van der Waals surface area contributed by atoms with Crippen LogP contribution in [0.5, 0.6) is 0 Å². The highest BCUT2D eigenvalue weighted by molar-refractivity contribution is 7.92. The molecule has 0 aromatic rings. The molecular formula is C38H61N5O7S. The summed E-state index contributed by atoms with van der Waals surface area (Å²) >= 11 is 0. The summed E-state index contributed by atoms with van der Waals surface area (Å²) in [5.41, 5.74) is -2.37. The average molecular weight is 732 g/mol. The molecule has 286 valence electrons. The van der Waals surface area contributed by atoms with Gasteiger partial charge in [0.15, 0.2) is 9.84 Å². The first kappa shape index (κ1) is 38.0. The zero-order valence-corrected chi connectivity index (χ0v) is 32.4. The number of nitrogens with zero attached hydrogens (tertiary/aromatic N) is 1. The van der Waals surface area contributed by atoms with Gasteiger partial charge in [-0.15, -0.1) is 0 Å². The van der Waals surface area contributed by atoms with E-state index in [1.807, 2.05) is 6.92 Å². The molecule has 3 unspecified atom stereocenters.